The summed E-state index contributed by atoms with van der Waals surface area (Å²) in [5.41, 5.74) is 3.80. The van der Waals surface area contributed by atoms with E-state index in [1.54, 1.807) is 19.2 Å². The van der Waals surface area contributed by atoms with E-state index in [0.29, 0.717) is 22.8 Å². The minimum Gasteiger partial charge on any atom is -0.496 e. The van der Waals surface area contributed by atoms with Crippen LogP contribution in [0.2, 0.25) is 0 Å². The van der Waals surface area contributed by atoms with Crippen LogP contribution in [0.25, 0.3) is 0 Å². The van der Waals surface area contributed by atoms with E-state index >= 15 is 0 Å². The number of ether oxygens (including phenoxy) is 3. The molecule has 1 amide bonds. The number of carbonyl (C=O) groups excluding carboxylic acids is 1. The molecule has 2 rings (SSSR count). The molecule has 0 atom stereocenters. The Kier molecular flexibility index (Phi) is 6.14. The number of thiazole rings is 1. The van der Waals surface area contributed by atoms with Crippen LogP contribution in [0.4, 0.5) is 0 Å². The first-order valence-electron chi connectivity index (χ1n) is 7.10. The molecule has 0 radical (unpaired) electrons. The number of amides is 1. The minimum atomic E-state index is -0.247. The van der Waals surface area contributed by atoms with Crippen molar-refractivity contribution in [2.75, 3.05) is 21.3 Å². The van der Waals surface area contributed by atoms with Gasteiger partial charge in [0.1, 0.15) is 17.2 Å². The molecule has 1 N–H and O–H groups in total. The van der Waals surface area contributed by atoms with Gasteiger partial charge >= 0.3 is 0 Å². The first-order chi connectivity index (χ1) is 11.6. The van der Waals surface area contributed by atoms with Gasteiger partial charge in [-0.15, -0.1) is 11.3 Å². The number of nitrogens with one attached hydrogen (secondary N) is 1. The van der Waals surface area contributed by atoms with Crippen LogP contribution in [0.1, 0.15) is 16.3 Å². The number of hydrazone groups is 1. The summed E-state index contributed by atoms with van der Waals surface area (Å²) in [6.45, 7) is 1.90. The zero-order chi connectivity index (χ0) is 17.5. The number of aryl methyl sites for hydroxylation is 1. The first kappa shape index (κ1) is 17.7. The van der Waals surface area contributed by atoms with Crippen molar-refractivity contribution in [3.8, 4) is 17.2 Å². The van der Waals surface area contributed by atoms with Crippen LogP contribution >= 0.6 is 11.3 Å². The molecule has 0 saturated carbocycles. The Morgan fingerprint density at radius 1 is 1.25 bits per heavy atom. The average Bonchev–Trinajstić information content (AvgIpc) is 2.99. The Hall–Kier alpha value is -2.61. The highest BCUT2D eigenvalue weighted by molar-refractivity contribution is 7.09. The summed E-state index contributed by atoms with van der Waals surface area (Å²) in [6, 6.07) is 3.42. The molecule has 0 spiro atoms. The number of rotatable bonds is 7. The molecule has 0 bridgehead atoms. The molecule has 1 aromatic heterocycles. The lowest BCUT2D eigenvalue weighted by atomic mass is 10.2. The van der Waals surface area contributed by atoms with E-state index < -0.39 is 0 Å². The molecule has 0 aliphatic heterocycles. The lowest BCUT2D eigenvalue weighted by Crippen LogP contribution is -2.20. The van der Waals surface area contributed by atoms with Crippen molar-refractivity contribution in [3.63, 3.8) is 0 Å². The summed E-state index contributed by atoms with van der Waals surface area (Å²) in [6.07, 6.45) is 1.65. The summed E-state index contributed by atoms with van der Waals surface area (Å²) < 4.78 is 15.8. The fourth-order valence-corrected chi connectivity index (χ4v) is 2.63. The number of nitrogens with zero attached hydrogens (tertiary/aromatic N) is 2. The number of methoxy groups -OCH3 is 3. The zero-order valence-corrected chi connectivity index (χ0v) is 14.8. The second-order valence-corrected chi connectivity index (χ2v) is 5.84. The third-order valence-electron chi connectivity index (χ3n) is 3.14. The van der Waals surface area contributed by atoms with Gasteiger partial charge in [-0.3, -0.25) is 4.79 Å². The fourth-order valence-electron chi connectivity index (χ4n) is 2.02. The third-order valence-corrected chi connectivity index (χ3v) is 3.97. The molecule has 7 nitrogen and oxygen atoms in total. The van der Waals surface area contributed by atoms with Crippen LogP contribution in [0.15, 0.2) is 22.6 Å². The Labute approximate surface area is 144 Å². The molecule has 0 fully saturated rings. The molecule has 1 heterocycles. The van der Waals surface area contributed by atoms with Crippen molar-refractivity contribution in [2.24, 2.45) is 5.10 Å². The van der Waals surface area contributed by atoms with Gasteiger partial charge in [-0.2, -0.15) is 5.10 Å². The third kappa shape index (κ3) is 4.45. The molecule has 0 unspecified atom stereocenters. The van der Waals surface area contributed by atoms with Gasteiger partial charge in [0, 0.05) is 17.5 Å². The monoisotopic (exact) mass is 349 g/mol. The summed E-state index contributed by atoms with van der Waals surface area (Å²) in [5, 5.41) is 6.75. The van der Waals surface area contributed by atoms with Gasteiger partial charge in [0.15, 0.2) is 0 Å². The van der Waals surface area contributed by atoms with Crippen molar-refractivity contribution < 1.29 is 19.0 Å². The highest BCUT2D eigenvalue weighted by atomic mass is 32.1. The van der Waals surface area contributed by atoms with Crippen molar-refractivity contribution in [1.29, 1.82) is 0 Å². The number of carbonyl (C=O) groups is 1. The second kappa shape index (κ2) is 8.30. The Morgan fingerprint density at radius 3 is 2.42 bits per heavy atom. The maximum atomic E-state index is 11.9. The Bertz CT molecular complexity index is 718. The van der Waals surface area contributed by atoms with E-state index in [1.807, 2.05) is 12.3 Å². The van der Waals surface area contributed by atoms with E-state index in [1.165, 1.54) is 31.8 Å². The summed E-state index contributed by atoms with van der Waals surface area (Å²) in [4.78, 5) is 16.1. The van der Waals surface area contributed by atoms with E-state index in [9.17, 15) is 4.79 Å². The zero-order valence-electron chi connectivity index (χ0n) is 14.0. The van der Waals surface area contributed by atoms with Gasteiger partial charge < -0.3 is 14.2 Å². The maximum absolute atomic E-state index is 11.9. The van der Waals surface area contributed by atoms with E-state index in [0.717, 1.165) is 10.7 Å². The smallest absolute Gasteiger partial charge is 0.246 e. The summed E-state index contributed by atoms with van der Waals surface area (Å²) >= 11 is 1.51. The predicted molar refractivity (Wildman–Crippen MR) is 92.4 cm³/mol. The van der Waals surface area contributed by atoms with E-state index in [2.05, 4.69) is 15.5 Å². The molecule has 128 valence electrons. The predicted octanol–water partition coefficient (Wildman–Crippen LogP) is 2.17. The molecule has 8 heteroatoms. The maximum Gasteiger partial charge on any atom is 0.246 e. The molecule has 0 saturated heterocycles. The molecular weight excluding hydrogens is 330 g/mol. The molecule has 0 aliphatic rings. The fraction of sp³-hybridized carbons (Fsp3) is 0.312. The van der Waals surface area contributed by atoms with Crippen LogP contribution < -0.4 is 19.6 Å². The molecule has 24 heavy (non-hydrogen) atoms. The molecular formula is C16H19N3O4S. The quantitative estimate of drug-likeness (QED) is 0.612. The highest BCUT2D eigenvalue weighted by Gasteiger charge is 2.12. The number of hydrogen-bond acceptors (Lipinski definition) is 7. The normalized spacial score (nSPS) is 10.7. The van der Waals surface area contributed by atoms with Gasteiger partial charge in [-0.25, -0.2) is 10.4 Å². The van der Waals surface area contributed by atoms with E-state index in [4.69, 9.17) is 14.2 Å². The first-order valence-corrected chi connectivity index (χ1v) is 7.98. The lowest BCUT2D eigenvalue weighted by Gasteiger charge is -2.12. The average molecular weight is 349 g/mol. The van der Waals surface area contributed by atoms with Crippen molar-refractivity contribution >= 4 is 23.5 Å². The Balaban J connectivity index is 2.09. The van der Waals surface area contributed by atoms with Crippen LogP contribution in [-0.2, 0) is 11.2 Å². The largest absolute Gasteiger partial charge is 0.496 e. The van der Waals surface area contributed by atoms with Crippen LogP contribution in [0.3, 0.4) is 0 Å². The summed E-state index contributed by atoms with van der Waals surface area (Å²) in [7, 11) is 4.63. The standard InChI is InChI=1S/C16H19N3O4S/c1-10-18-11(9-24-10)5-16(20)19-17-8-13-14(22-3)6-12(21-2)7-15(13)23-4/h6-9H,5H2,1-4H3,(H,19,20)/b17-8-. The van der Waals surface area contributed by atoms with Crippen molar-refractivity contribution in [3.05, 3.63) is 33.8 Å². The van der Waals surface area contributed by atoms with Crippen molar-refractivity contribution in [1.82, 2.24) is 10.4 Å². The topological polar surface area (TPSA) is 82.0 Å². The van der Waals surface area contributed by atoms with Gasteiger partial charge in [0.05, 0.1) is 50.2 Å². The molecule has 1 aromatic carbocycles. The van der Waals surface area contributed by atoms with Gasteiger partial charge in [-0.05, 0) is 6.92 Å². The van der Waals surface area contributed by atoms with Crippen LogP contribution in [-0.4, -0.2) is 38.4 Å². The van der Waals surface area contributed by atoms with E-state index in [-0.39, 0.29) is 12.3 Å². The second-order valence-electron chi connectivity index (χ2n) is 4.77. The minimum absolute atomic E-state index is 0.179. The molecule has 2 aromatic rings. The Morgan fingerprint density at radius 2 is 1.92 bits per heavy atom. The van der Waals surface area contributed by atoms with Crippen LogP contribution in [0, 0.1) is 6.92 Å². The van der Waals surface area contributed by atoms with Crippen LogP contribution in [0.5, 0.6) is 17.2 Å². The molecule has 0 aliphatic carbocycles. The van der Waals surface area contributed by atoms with Gasteiger partial charge in [0.2, 0.25) is 5.91 Å². The van der Waals surface area contributed by atoms with Gasteiger partial charge in [0.25, 0.3) is 0 Å². The number of benzene rings is 1. The lowest BCUT2D eigenvalue weighted by molar-refractivity contribution is -0.120. The summed E-state index contributed by atoms with van der Waals surface area (Å²) in [5.74, 6) is 1.41. The number of aromatic nitrogens is 1. The SMILES string of the molecule is COc1cc(OC)c(/C=N\NC(=O)Cc2csc(C)n2)c(OC)c1. The number of hydrogen-bond donors (Lipinski definition) is 1. The van der Waals surface area contributed by atoms with Gasteiger partial charge in [-0.1, -0.05) is 0 Å². The highest BCUT2D eigenvalue weighted by Crippen LogP contribution is 2.32. The van der Waals surface area contributed by atoms with Crippen molar-refractivity contribution in [2.45, 2.75) is 13.3 Å².